The number of aromatic nitrogens is 2. The zero-order chi connectivity index (χ0) is 17.7. The number of ether oxygens (including phenoxy) is 3. The van der Waals surface area contributed by atoms with Gasteiger partial charge in [0.05, 0.1) is 30.7 Å². The van der Waals surface area contributed by atoms with E-state index in [1.807, 2.05) is 0 Å². The summed E-state index contributed by atoms with van der Waals surface area (Å²) < 4.78 is 30.7. The Morgan fingerprint density at radius 1 is 1.50 bits per heavy atom. The molecule has 0 radical (unpaired) electrons. The van der Waals surface area contributed by atoms with Crippen LogP contribution in [0.5, 0.6) is 5.88 Å². The molecule has 8 nitrogen and oxygen atoms in total. The summed E-state index contributed by atoms with van der Waals surface area (Å²) in [5.74, 6) is -0.546. The van der Waals surface area contributed by atoms with Crippen molar-refractivity contribution >= 4 is 13.8 Å². The van der Waals surface area contributed by atoms with Crippen LogP contribution >= 0.6 is 0 Å². The summed E-state index contributed by atoms with van der Waals surface area (Å²) in [6.45, 7) is 7.71. The highest BCUT2D eigenvalue weighted by Gasteiger charge is 2.30. The van der Waals surface area contributed by atoms with E-state index in [-0.39, 0.29) is 38.1 Å². The zero-order valence-electron chi connectivity index (χ0n) is 14.2. The second kappa shape index (κ2) is 8.04. The van der Waals surface area contributed by atoms with Crippen LogP contribution in [0, 0.1) is 16.0 Å². The van der Waals surface area contributed by atoms with Crippen LogP contribution in [0.25, 0.3) is 0 Å². The Morgan fingerprint density at radius 3 is 2.83 bits per heavy atom. The molecule has 0 N–H and O–H groups in total. The lowest BCUT2D eigenvalue weighted by Crippen LogP contribution is -2.22. The summed E-state index contributed by atoms with van der Waals surface area (Å²) >= 11 is 0. The van der Waals surface area contributed by atoms with E-state index in [4.69, 9.17) is 14.2 Å². The molecule has 1 saturated heterocycles. The number of hydrogen-bond acceptors (Lipinski definition) is 6. The number of hydrogen-bond donors (Lipinski definition) is 0. The minimum Gasteiger partial charge on any atom is -0.471 e. The Hall–Kier alpha value is -1.52. The first-order valence-corrected chi connectivity index (χ1v) is 11.6. The summed E-state index contributed by atoms with van der Waals surface area (Å²) in [6, 6.07) is 0.999. The molecule has 1 aromatic rings. The van der Waals surface area contributed by atoms with Gasteiger partial charge < -0.3 is 14.2 Å². The van der Waals surface area contributed by atoms with Crippen molar-refractivity contribution in [1.82, 2.24) is 9.78 Å². The van der Waals surface area contributed by atoms with Gasteiger partial charge in [-0.2, -0.15) is 0 Å². The first-order valence-electron chi connectivity index (χ1n) is 7.90. The normalized spacial score (nSPS) is 21.2. The highest BCUT2D eigenvalue weighted by atomic mass is 28.3. The standard InChI is InChI=1S/C14H24FN3O5Si/c1-24(2,3)5-4-21-10-17-6-13(18(19)20)14(16-17)23-8-11-7-22-9-12(11)15/h6,11-12H,4-5,7-10H2,1-3H3. The van der Waals surface area contributed by atoms with Crippen molar-refractivity contribution < 1.29 is 23.5 Å². The number of nitrogens with zero attached hydrogens (tertiary/aromatic N) is 3. The molecular formula is C14H24FN3O5Si. The molecule has 1 aliphatic heterocycles. The van der Waals surface area contributed by atoms with E-state index in [0.717, 1.165) is 6.04 Å². The van der Waals surface area contributed by atoms with E-state index in [0.29, 0.717) is 6.61 Å². The summed E-state index contributed by atoms with van der Waals surface area (Å²) in [5.41, 5.74) is -0.252. The van der Waals surface area contributed by atoms with Crippen molar-refractivity contribution in [2.45, 2.75) is 38.6 Å². The molecule has 2 unspecified atom stereocenters. The summed E-state index contributed by atoms with van der Waals surface area (Å²) in [4.78, 5) is 10.5. The molecule has 0 spiro atoms. The predicted molar refractivity (Wildman–Crippen MR) is 87.7 cm³/mol. The van der Waals surface area contributed by atoms with Crippen molar-refractivity contribution in [2.75, 3.05) is 26.4 Å². The van der Waals surface area contributed by atoms with Gasteiger partial charge in [0.2, 0.25) is 0 Å². The molecule has 2 rings (SSSR count). The number of rotatable bonds is 9. The summed E-state index contributed by atoms with van der Waals surface area (Å²) in [7, 11) is -1.19. The van der Waals surface area contributed by atoms with E-state index in [1.165, 1.54) is 10.9 Å². The number of alkyl halides is 1. The van der Waals surface area contributed by atoms with Gasteiger partial charge in [0.25, 0.3) is 0 Å². The van der Waals surface area contributed by atoms with E-state index in [2.05, 4.69) is 24.7 Å². The first-order chi connectivity index (χ1) is 11.3. The highest BCUT2D eigenvalue weighted by molar-refractivity contribution is 6.76. The van der Waals surface area contributed by atoms with Crippen molar-refractivity contribution in [3.05, 3.63) is 16.3 Å². The van der Waals surface area contributed by atoms with Gasteiger partial charge in [-0.05, 0) is 6.04 Å². The van der Waals surface area contributed by atoms with Crippen LogP contribution in [-0.2, 0) is 16.2 Å². The van der Waals surface area contributed by atoms with Gasteiger partial charge in [-0.1, -0.05) is 19.6 Å². The third-order valence-electron chi connectivity index (χ3n) is 3.68. The minimum atomic E-state index is -1.19. The van der Waals surface area contributed by atoms with E-state index < -0.39 is 25.1 Å². The maximum absolute atomic E-state index is 13.5. The van der Waals surface area contributed by atoms with Crippen LogP contribution in [0.4, 0.5) is 10.1 Å². The van der Waals surface area contributed by atoms with Crippen molar-refractivity contribution in [1.29, 1.82) is 0 Å². The Morgan fingerprint density at radius 2 is 2.25 bits per heavy atom. The fourth-order valence-electron chi connectivity index (χ4n) is 2.13. The third kappa shape index (κ3) is 5.53. The lowest BCUT2D eigenvalue weighted by Gasteiger charge is -2.15. The number of halogens is 1. The molecule has 0 bridgehead atoms. The maximum atomic E-state index is 13.5. The molecule has 1 aromatic heterocycles. The van der Waals surface area contributed by atoms with Crippen LogP contribution in [0.2, 0.25) is 25.7 Å². The Bertz CT molecular complexity index is 563. The predicted octanol–water partition coefficient (Wildman–Crippen LogP) is 2.47. The van der Waals surface area contributed by atoms with Gasteiger partial charge in [0.1, 0.15) is 19.1 Å². The highest BCUT2D eigenvalue weighted by Crippen LogP contribution is 2.26. The lowest BCUT2D eigenvalue weighted by atomic mass is 10.1. The van der Waals surface area contributed by atoms with E-state index in [1.54, 1.807) is 0 Å². The van der Waals surface area contributed by atoms with Crippen molar-refractivity contribution in [3.63, 3.8) is 0 Å². The molecule has 2 heterocycles. The fourth-order valence-corrected chi connectivity index (χ4v) is 2.89. The molecule has 136 valence electrons. The van der Waals surface area contributed by atoms with Crippen molar-refractivity contribution in [2.24, 2.45) is 5.92 Å². The fraction of sp³-hybridized carbons (Fsp3) is 0.786. The summed E-state index contributed by atoms with van der Waals surface area (Å²) in [6.07, 6.45) is 0.151. The van der Waals surface area contributed by atoms with Crippen LogP contribution in [0.1, 0.15) is 0 Å². The van der Waals surface area contributed by atoms with Gasteiger partial charge in [-0.25, -0.2) is 9.07 Å². The van der Waals surface area contributed by atoms with E-state index in [9.17, 15) is 14.5 Å². The second-order valence-electron chi connectivity index (χ2n) is 7.09. The van der Waals surface area contributed by atoms with Gasteiger partial charge in [-0.3, -0.25) is 10.1 Å². The minimum absolute atomic E-state index is 0.00446. The summed E-state index contributed by atoms with van der Waals surface area (Å²) in [5, 5.41) is 15.1. The van der Waals surface area contributed by atoms with Crippen molar-refractivity contribution in [3.8, 4) is 5.88 Å². The Balaban J connectivity index is 1.90. The Kier molecular flexibility index (Phi) is 6.30. The van der Waals surface area contributed by atoms with Gasteiger partial charge in [0.15, 0.2) is 0 Å². The lowest BCUT2D eigenvalue weighted by molar-refractivity contribution is -0.386. The molecular weight excluding hydrogens is 337 g/mol. The van der Waals surface area contributed by atoms with Crippen LogP contribution in [-0.4, -0.2) is 55.4 Å². The monoisotopic (exact) mass is 361 g/mol. The smallest absolute Gasteiger partial charge is 0.350 e. The largest absolute Gasteiger partial charge is 0.471 e. The maximum Gasteiger partial charge on any atom is 0.350 e. The SMILES string of the molecule is C[Si](C)(C)CCOCn1cc([N+](=O)[O-])c(OCC2COCC2F)n1. The third-order valence-corrected chi connectivity index (χ3v) is 5.39. The van der Waals surface area contributed by atoms with Crippen LogP contribution in [0.15, 0.2) is 6.20 Å². The molecule has 10 heteroatoms. The number of nitro groups is 1. The topological polar surface area (TPSA) is 88.7 Å². The molecule has 24 heavy (non-hydrogen) atoms. The average Bonchev–Trinajstić information content (AvgIpc) is 3.06. The van der Waals surface area contributed by atoms with Gasteiger partial charge >= 0.3 is 11.6 Å². The van der Waals surface area contributed by atoms with E-state index >= 15 is 0 Å². The van der Waals surface area contributed by atoms with Gasteiger partial charge in [-0.15, -0.1) is 5.10 Å². The Labute approximate surface area is 141 Å². The molecule has 0 saturated carbocycles. The molecule has 0 aliphatic carbocycles. The molecule has 0 amide bonds. The molecule has 1 fully saturated rings. The molecule has 1 aliphatic rings. The molecule has 0 aromatic carbocycles. The second-order valence-corrected chi connectivity index (χ2v) is 12.7. The van der Waals surface area contributed by atoms with Gasteiger partial charge in [0, 0.05) is 14.7 Å². The first kappa shape index (κ1) is 18.8. The van der Waals surface area contributed by atoms with Crippen LogP contribution in [0.3, 0.4) is 0 Å². The van der Waals surface area contributed by atoms with Crippen LogP contribution < -0.4 is 4.74 Å². The zero-order valence-corrected chi connectivity index (χ0v) is 15.2. The molecule has 2 atom stereocenters. The quantitative estimate of drug-likeness (QED) is 0.290. The average molecular weight is 361 g/mol.